The molecule has 0 aromatic heterocycles. The molecule has 0 bridgehead atoms. The molecule has 1 N–H and O–H groups in total. The van der Waals surface area contributed by atoms with E-state index in [4.69, 9.17) is 9.47 Å². The van der Waals surface area contributed by atoms with Gasteiger partial charge in [0.15, 0.2) is 11.5 Å². The minimum absolute atomic E-state index is 0.151. The number of nitrogens with zero attached hydrogens (tertiary/aromatic N) is 1. The molecule has 4 rings (SSSR count). The number of sulfonamides is 1. The van der Waals surface area contributed by atoms with Crippen LogP contribution in [-0.4, -0.2) is 38.0 Å². The molecule has 0 spiro atoms. The highest BCUT2D eigenvalue weighted by Gasteiger charge is 2.37. The van der Waals surface area contributed by atoms with Gasteiger partial charge >= 0.3 is 0 Å². The fourth-order valence-corrected chi connectivity index (χ4v) is 5.16. The van der Waals surface area contributed by atoms with E-state index in [1.807, 2.05) is 6.92 Å². The first-order chi connectivity index (χ1) is 13.4. The van der Waals surface area contributed by atoms with Gasteiger partial charge in [0.25, 0.3) is 0 Å². The number of nitrogens with one attached hydrogen (secondary N) is 1. The van der Waals surface area contributed by atoms with Crippen LogP contribution >= 0.6 is 0 Å². The number of aryl methyl sites for hydroxylation is 1. The van der Waals surface area contributed by atoms with Crippen molar-refractivity contribution in [1.82, 2.24) is 4.31 Å². The van der Waals surface area contributed by atoms with Crippen LogP contribution in [0.5, 0.6) is 11.5 Å². The molecule has 2 heterocycles. The van der Waals surface area contributed by atoms with E-state index in [1.54, 1.807) is 42.5 Å². The standard InChI is InChI=1S/C20H22N2O5S/c1-14-5-8-16(9-6-14)28(24,25)22-11-3-2-4-17(22)20(23)21-15-7-10-18-19(12-15)27-13-26-18/h5-10,12,17H,2-4,11,13H2,1H3,(H,21,23). The molecule has 1 amide bonds. The first kappa shape index (κ1) is 18.8. The first-order valence-electron chi connectivity index (χ1n) is 9.24. The number of piperidine rings is 1. The number of amides is 1. The zero-order valence-corrected chi connectivity index (χ0v) is 16.4. The van der Waals surface area contributed by atoms with Crippen molar-refractivity contribution in [3.63, 3.8) is 0 Å². The third kappa shape index (κ3) is 3.57. The minimum atomic E-state index is -3.75. The molecule has 1 atom stereocenters. The Hall–Kier alpha value is -2.58. The second-order valence-electron chi connectivity index (χ2n) is 7.00. The van der Waals surface area contributed by atoms with E-state index in [9.17, 15) is 13.2 Å². The molecule has 0 saturated carbocycles. The van der Waals surface area contributed by atoms with Gasteiger partial charge in [0.2, 0.25) is 22.7 Å². The summed E-state index contributed by atoms with van der Waals surface area (Å²) in [7, 11) is -3.75. The second-order valence-corrected chi connectivity index (χ2v) is 8.89. The van der Waals surface area contributed by atoms with Gasteiger partial charge in [-0.05, 0) is 44.0 Å². The third-order valence-electron chi connectivity index (χ3n) is 5.02. The molecular weight excluding hydrogens is 380 g/mol. The number of hydrogen-bond donors (Lipinski definition) is 1. The molecule has 0 radical (unpaired) electrons. The zero-order chi connectivity index (χ0) is 19.7. The number of carbonyl (C=O) groups excluding carboxylic acids is 1. The lowest BCUT2D eigenvalue weighted by molar-refractivity contribution is -0.120. The molecule has 2 aromatic carbocycles. The van der Waals surface area contributed by atoms with E-state index < -0.39 is 16.1 Å². The van der Waals surface area contributed by atoms with Crippen LogP contribution in [0.4, 0.5) is 5.69 Å². The van der Waals surface area contributed by atoms with Crippen LogP contribution in [0.3, 0.4) is 0 Å². The molecule has 1 saturated heterocycles. The van der Waals surface area contributed by atoms with E-state index in [-0.39, 0.29) is 17.6 Å². The summed E-state index contributed by atoms with van der Waals surface area (Å²) >= 11 is 0. The van der Waals surface area contributed by atoms with E-state index >= 15 is 0 Å². The van der Waals surface area contributed by atoms with Crippen LogP contribution in [0.2, 0.25) is 0 Å². The molecule has 1 fully saturated rings. The number of ether oxygens (including phenoxy) is 2. The van der Waals surface area contributed by atoms with Crippen molar-refractivity contribution in [2.24, 2.45) is 0 Å². The number of anilines is 1. The number of hydrogen-bond acceptors (Lipinski definition) is 5. The third-order valence-corrected chi connectivity index (χ3v) is 6.95. The largest absolute Gasteiger partial charge is 0.454 e. The average Bonchev–Trinajstić information content (AvgIpc) is 3.16. The fourth-order valence-electron chi connectivity index (χ4n) is 3.50. The van der Waals surface area contributed by atoms with Crippen molar-refractivity contribution in [3.05, 3.63) is 48.0 Å². The van der Waals surface area contributed by atoms with E-state index in [0.717, 1.165) is 18.4 Å². The Morgan fingerprint density at radius 1 is 1.07 bits per heavy atom. The van der Waals surface area contributed by atoms with Crippen LogP contribution in [0, 0.1) is 6.92 Å². The van der Waals surface area contributed by atoms with Crippen LogP contribution in [0.25, 0.3) is 0 Å². The molecule has 148 valence electrons. The van der Waals surface area contributed by atoms with Crippen molar-refractivity contribution < 1.29 is 22.7 Å². The van der Waals surface area contributed by atoms with Crippen LogP contribution < -0.4 is 14.8 Å². The number of benzene rings is 2. The summed E-state index contributed by atoms with van der Waals surface area (Å²) in [6.07, 6.45) is 2.03. The lowest BCUT2D eigenvalue weighted by Gasteiger charge is -2.33. The number of carbonyl (C=O) groups is 1. The Labute approximate surface area is 164 Å². The molecule has 8 heteroatoms. The molecule has 7 nitrogen and oxygen atoms in total. The van der Waals surface area contributed by atoms with Crippen molar-refractivity contribution in [2.45, 2.75) is 37.1 Å². The monoisotopic (exact) mass is 402 g/mol. The van der Waals surface area contributed by atoms with E-state index in [2.05, 4.69) is 5.32 Å². The fraction of sp³-hybridized carbons (Fsp3) is 0.350. The smallest absolute Gasteiger partial charge is 0.243 e. The molecule has 2 aliphatic rings. The topological polar surface area (TPSA) is 84.9 Å². The maximum atomic E-state index is 13.1. The molecule has 28 heavy (non-hydrogen) atoms. The van der Waals surface area contributed by atoms with Gasteiger partial charge in [-0.2, -0.15) is 4.31 Å². The lowest BCUT2D eigenvalue weighted by atomic mass is 10.0. The number of fused-ring (bicyclic) bond motifs is 1. The van der Waals surface area contributed by atoms with Gasteiger partial charge in [-0.3, -0.25) is 4.79 Å². The molecule has 2 aromatic rings. The highest BCUT2D eigenvalue weighted by molar-refractivity contribution is 7.89. The number of rotatable bonds is 4. The summed E-state index contributed by atoms with van der Waals surface area (Å²) in [4.78, 5) is 13.1. The van der Waals surface area contributed by atoms with Crippen molar-refractivity contribution in [1.29, 1.82) is 0 Å². The molecule has 2 aliphatic heterocycles. The normalized spacial score (nSPS) is 19.4. The van der Waals surface area contributed by atoms with E-state index in [1.165, 1.54) is 4.31 Å². The molecule has 1 unspecified atom stereocenters. The minimum Gasteiger partial charge on any atom is -0.454 e. The quantitative estimate of drug-likeness (QED) is 0.850. The predicted octanol–water partition coefficient (Wildman–Crippen LogP) is 2.91. The maximum absolute atomic E-state index is 13.1. The Bertz CT molecular complexity index is 988. The van der Waals surface area contributed by atoms with Gasteiger partial charge in [-0.25, -0.2) is 8.42 Å². The zero-order valence-electron chi connectivity index (χ0n) is 15.6. The summed E-state index contributed by atoms with van der Waals surface area (Å²) in [6, 6.07) is 11.1. The highest BCUT2D eigenvalue weighted by Crippen LogP contribution is 2.34. The van der Waals surface area contributed by atoms with Crippen molar-refractivity contribution in [3.8, 4) is 11.5 Å². The van der Waals surface area contributed by atoms with Gasteiger partial charge in [0, 0.05) is 18.3 Å². The van der Waals surface area contributed by atoms with Crippen LogP contribution in [-0.2, 0) is 14.8 Å². The second kappa shape index (κ2) is 7.44. The summed E-state index contributed by atoms with van der Waals surface area (Å²) in [5, 5.41) is 2.82. The summed E-state index contributed by atoms with van der Waals surface area (Å²) in [5.74, 6) is 0.846. The predicted molar refractivity (Wildman–Crippen MR) is 104 cm³/mol. The SMILES string of the molecule is Cc1ccc(S(=O)(=O)N2CCCCC2C(=O)Nc2ccc3c(c2)OCO3)cc1. The Kier molecular flexibility index (Phi) is 4.99. The average molecular weight is 402 g/mol. The maximum Gasteiger partial charge on any atom is 0.243 e. The van der Waals surface area contributed by atoms with Gasteiger partial charge in [-0.15, -0.1) is 0 Å². The van der Waals surface area contributed by atoms with Crippen molar-refractivity contribution in [2.75, 3.05) is 18.7 Å². The lowest BCUT2D eigenvalue weighted by Crippen LogP contribution is -2.49. The van der Waals surface area contributed by atoms with E-state index in [0.29, 0.717) is 30.2 Å². The Morgan fingerprint density at radius 2 is 1.82 bits per heavy atom. The van der Waals surface area contributed by atoms with Gasteiger partial charge in [-0.1, -0.05) is 24.1 Å². The van der Waals surface area contributed by atoms with Crippen molar-refractivity contribution >= 4 is 21.6 Å². The highest BCUT2D eigenvalue weighted by atomic mass is 32.2. The van der Waals surface area contributed by atoms with Gasteiger partial charge in [0.1, 0.15) is 6.04 Å². The van der Waals surface area contributed by atoms with Gasteiger partial charge < -0.3 is 14.8 Å². The van der Waals surface area contributed by atoms with Gasteiger partial charge in [0.05, 0.1) is 4.90 Å². The van der Waals surface area contributed by atoms with Crippen LogP contribution in [0.1, 0.15) is 24.8 Å². The molecular formula is C20H22N2O5S. The molecule has 0 aliphatic carbocycles. The Balaban J connectivity index is 1.56. The first-order valence-corrected chi connectivity index (χ1v) is 10.7. The summed E-state index contributed by atoms with van der Waals surface area (Å²) < 4.78 is 38.2. The summed E-state index contributed by atoms with van der Waals surface area (Å²) in [5.41, 5.74) is 1.53. The summed E-state index contributed by atoms with van der Waals surface area (Å²) in [6.45, 7) is 2.38. The Morgan fingerprint density at radius 3 is 2.61 bits per heavy atom. The van der Waals surface area contributed by atoms with Crippen LogP contribution in [0.15, 0.2) is 47.4 Å².